The zero-order valence-corrected chi connectivity index (χ0v) is 5.46. The molecule has 0 fully saturated rings. The Balaban J connectivity index is 2.48. The molecule has 1 rings (SSSR count). The quantitative estimate of drug-likeness (QED) is 0.562. The molecule has 0 atom stereocenters. The van der Waals surface area contributed by atoms with Crippen molar-refractivity contribution in [2.45, 2.75) is 6.42 Å². The third-order valence-corrected chi connectivity index (χ3v) is 1.18. The van der Waals surface area contributed by atoms with Crippen molar-refractivity contribution >= 4 is 5.91 Å². The summed E-state index contributed by atoms with van der Waals surface area (Å²) >= 11 is 0. The summed E-state index contributed by atoms with van der Waals surface area (Å²) < 4.78 is 4.85. The van der Waals surface area contributed by atoms with Gasteiger partial charge in [-0.05, 0) is 17.7 Å². The summed E-state index contributed by atoms with van der Waals surface area (Å²) in [6.45, 7) is 0.513. The maximum Gasteiger partial charge on any atom is 0.242 e. The van der Waals surface area contributed by atoms with Crippen molar-refractivity contribution in [1.82, 2.24) is 5.73 Å². The molecule has 0 aliphatic carbocycles. The number of rotatable bonds is 2. The van der Waals surface area contributed by atoms with E-state index in [0.29, 0.717) is 6.61 Å². The molecule has 1 aliphatic heterocycles. The summed E-state index contributed by atoms with van der Waals surface area (Å²) in [6, 6.07) is 0. The van der Waals surface area contributed by atoms with Crippen molar-refractivity contribution in [3.05, 3.63) is 24.0 Å². The first kappa shape index (κ1) is 6.86. The molecule has 1 amide bonds. The number of ether oxygens (including phenoxy) is 1. The second-order valence-corrected chi connectivity index (χ2v) is 2.02. The average molecular weight is 138 g/mol. The van der Waals surface area contributed by atoms with Crippen LogP contribution in [0.4, 0.5) is 0 Å². The van der Waals surface area contributed by atoms with Crippen molar-refractivity contribution in [3.8, 4) is 0 Å². The highest BCUT2D eigenvalue weighted by atomic mass is 16.5. The van der Waals surface area contributed by atoms with Gasteiger partial charge in [0.2, 0.25) is 5.91 Å². The van der Waals surface area contributed by atoms with Gasteiger partial charge in [0.25, 0.3) is 0 Å². The number of hydrogen-bond acceptors (Lipinski definition) is 2. The minimum absolute atomic E-state index is 0.194. The predicted octanol–water partition coefficient (Wildman–Crippen LogP) is 0.656. The zero-order chi connectivity index (χ0) is 7.40. The molecule has 0 aromatic rings. The van der Waals surface area contributed by atoms with E-state index in [9.17, 15) is 4.79 Å². The summed E-state index contributed by atoms with van der Waals surface area (Å²) in [4.78, 5) is 10.3. The highest BCUT2D eigenvalue weighted by Crippen LogP contribution is 2.07. The Labute approximate surface area is 59.2 Å². The van der Waals surface area contributed by atoms with Crippen molar-refractivity contribution < 1.29 is 9.53 Å². The lowest BCUT2D eigenvalue weighted by Gasteiger charge is -2.04. The predicted molar refractivity (Wildman–Crippen MR) is 35.9 cm³/mol. The molecule has 0 bridgehead atoms. The molecule has 0 aromatic heterocycles. The lowest BCUT2D eigenvalue weighted by Crippen LogP contribution is -2.01. The third-order valence-electron chi connectivity index (χ3n) is 1.18. The monoisotopic (exact) mass is 138 g/mol. The Morgan fingerprint density at radius 2 is 2.60 bits per heavy atom. The molecule has 53 valence electrons. The van der Waals surface area contributed by atoms with Gasteiger partial charge in [0.1, 0.15) is 6.61 Å². The van der Waals surface area contributed by atoms with Gasteiger partial charge in [-0.25, -0.2) is 0 Å². The minimum atomic E-state index is -0.558. The van der Waals surface area contributed by atoms with Crippen LogP contribution in [0.1, 0.15) is 6.42 Å². The van der Waals surface area contributed by atoms with E-state index in [1.807, 2.05) is 0 Å². The number of carbonyl (C=O) groups is 1. The molecule has 0 saturated carbocycles. The maximum absolute atomic E-state index is 10.3. The van der Waals surface area contributed by atoms with Crippen LogP contribution in [0.5, 0.6) is 0 Å². The molecular formula is C7H8NO2. The molecule has 10 heavy (non-hydrogen) atoms. The number of nitrogens with one attached hydrogen (secondary N) is 1. The van der Waals surface area contributed by atoms with Crippen LogP contribution in [-0.4, -0.2) is 12.5 Å². The third kappa shape index (κ3) is 1.93. The number of amides is 1. The van der Waals surface area contributed by atoms with E-state index in [2.05, 4.69) is 0 Å². The van der Waals surface area contributed by atoms with E-state index in [4.69, 9.17) is 10.5 Å². The molecule has 0 unspecified atom stereocenters. The molecule has 0 aromatic carbocycles. The van der Waals surface area contributed by atoms with Crippen LogP contribution < -0.4 is 5.73 Å². The molecule has 1 aliphatic rings. The second-order valence-electron chi connectivity index (χ2n) is 2.02. The number of hydrogen-bond donors (Lipinski definition) is 0. The highest BCUT2D eigenvalue weighted by Gasteiger charge is 2.01. The van der Waals surface area contributed by atoms with Gasteiger partial charge in [-0.3, -0.25) is 10.5 Å². The van der Waals surface area contributed by atoms with Crippen LogP contribution >= 0.6 is 0 Å². The molecular weight excluding hydrogens is 130 g/mol. The van der Waals surface area contributed by atoms with Gasteiger partial charge in [0, 0.05) is 0 Å². The fraction of sp³-hybridized carbons (Fsp3) is 0.286. The molecule has 1 heterocycles. The number of carbonyl (C=O) groups excluding carboxylic acids is 1. The fourth-order valence-corrected chi connectivity index (χ4v) is 0.731. The lowest BCUT2D eigenvalue weighted by molar-refractivity contribution is -0.117. The van der Waals surface area contributed by atoms with Crippen molar-refractivity contribution in [2.24, 2.45) is 0 Å². The fourth-order valence-electron chi connectivity index (χ4n) is 0.731. The first-order valence-corrected chi connectivity index (χ1v) is 3.00. The van der Waals surface area contributed by atoms with Crippen LogP contribution in [0.3, 0.4) is 0 Å². The largest absolute Gasteiger partial charge is 0.497 e. The van der Waals surface area contributed by atoms with Crippen LogP contribution in [0.25, 0.3) is 0 Å². The standard InChI is InChI=1S/C7H8NO2/c8-7(9)5-6-1-3-10-4-2-6/h1-3,8H,4-5H2. The summed E-state index contributed by atoms with van der Waals surface area (Å²) in [7, 11) is 0. The summed E-state index contributed by atoms with van der Waals surface area (Å²) in [5.41, 5.74) is 7.53. The first-order chi connectivity index (χ1) is 4.79. The van der Waals surface area contributed by atoms with Gasteiger partial charge in [-0.1, -0.05) is 0 Å². The van der Waals surface area contributed by atoms with E-state index in [1.165, 1.54) is 6.26 Å². The van der Waals surface area contributed by atoms with Gasteiger partial charge in [-0.2, -0.15) is 0 Å². The molecule has 3 heteroatoms. The average Bonchev–Trinajstić information content (AvgIpc) is 1.88. The van der Waals surface area contributed by atoms with Crippen molar-refractivity contribution in [3.63, 3.8) is 0 Å². The number of allylic oxidation sites excluding steroid dienone is 1. The molecule has 1 radical (unpaired) electrons. The molecule has 3 nitrogen and oxygen atoms in total. The smallest absolute Gasteiger partial charge is 0.242 e. The van der Waals surface area contributed by atoms with Crippen LogP contribution in [-0.2, 0) is 9.53 Å². The Kier molecular flexibility index (Phi) is 2.10. The van der Waals surface area contributed by atoms with Crippen molar-refractivity contribution in [2.75, 3.05) is 6.61 Å². The highest BCUT2D eigenvalue weighted by molar-refractivity contribution is 5.76. The second kappa shape index (κ2) is 3.06. The van der Waals surface area contributed by atoms with E-state index in [1.54, 1.807) is 12.2 Å². The first-order valence-electron chi connectivity index (χ1n) is 3.00. The van der Waals surface area contributed by atoms with E-state index < -0.39 is 5.91 Å². The molecule has 1 N–H and O–H groups in total. The molecule has 0 saturated heterocycles. The Bertz CT molecular complexity index is 194. The zero-order valence-electron chi connectivity index (χ0n) is 5.46. The summed E-state index contributed by atoms with van der Waals surface area (Å²) in [5.74, 6) is -0.558. The Morgan fingerprint density at radius 3 is 3.10 bits per heavy atom. The van der Waals surface area contributed by atoms with Gasteiger partial charge < -0.3 is 4.74 Å². The SMILES string of the molecule is [NH]C(=O)CC1=CCOC=C1. The van der Waals surface area contributed by atoms with Crippen LogP contribution in [0.2, 0.25) is 0 Å². The Hall–Kier alpha value is -1.25. The Morgan fingerprint density at radius 1 is 1.80 bits per heavy atom. The minimum Gasteiger partial charge on any atom is -0.497 e. The summed E-state index contributed by atoms with van der Waals surface area (Å²) in [5, 5.41) is 0. The van der Waals surface area contributed by atoms with Gasteiger partial charge in [0.05, 0.1) is 12.7 Å². The summed E-state index contributed by atoms with van der Waals surface area (Å²) in [6.07, 6.45) is 5.24. The van der Waals surface area contributed by atoms with E-state index >= 15 is 0 Å². The van der Waals surface area contributed by atoms with Crippen LogP contribution in [0, 0.1) is 0 Å². The lowest BCUT2D eigenvalue weighted by atomic mass is 10.1. The van der Waals surface area contributed by atoms with Gasteiger partial charge in [-0.15, -0.1) is 0 Å². The van der Waals surface area contributed by atoms with Crippen LogP contribution in [0.15, 0.2) is 24.0 Å². The van der Waals surface area contributed by atoms with Gasteiger partial charge >= 0.3 is 0 Å². The molecule has 0 spiro atoms. The normalized spacial score (nSPS) is 15.8. The topological polar surface area (TPSA) is 50.1 Å². The van der Waals surface area contributed by atoms with E-state index in [-0.39, 0.29) is 6.42 Å². The van der Waals surface area contributed by atoms with Gasteiger partial charge in [0.15, 0.2) is 0 Å². The maximum atomic E-state index is 10.3. The van der Waals surface area contributed by atoms with Crippen molar-refractivity contribution in [1.29, 1.82) is 0 Å². The van der Waals surface area contributed by atoms with E-state index in [0.717, 1.165) is 5.57 Å².